The fourth-order valence-corrected chi connectivity index (χ4v) is 0.965. The maximum absolute atomic E-state index is 11.4. The Bertz CT molecular complexity index is 454. The fraction of sp³-hybridized carbons (Fsp3) is 0. The van der Waals surface area contributed by atoms with E-state index in [0.717, 1.165) is 6.08 Å². The molecule has 1 rings (SSSR count). The number of rotatable bonds is 3. The predicted molar refractivity (Wildman–Crippen MR) is 56.2 cm³/mol. The summed E-state index contributed by atoms with van der Waals surface area (Å²) in [6, 6.07) is 8.23. The number of carbonyl (C=O) groups excluding carboxylic acids is 3. The van der Waals surface area contributed by atoms with Crippen LogP contribution in [0.5, 0.6) is 0 Å². The molecule has 1 aromatic rings. The fourth-order valence-electron chi connectivity index (χ4n) is 0.965. The van der Waals surface area contributed by atoms with Crippen molar-refractivity contribution in [3.8, 4) is 0 Å². The van der Waals surface area contributed by atoms with Gasteiger partial charge in [0.25, 0.3) is 11.8 Å². The third-order valence-electron chi connectivity index (χ3n) is 1.71. The van der Waals surface area contributed by atoms with Gasteiger partial charge in [-0.25, -0.2) is 0 Å². The van der Waals surface area contributed by atoms with Gasteiger partial charge < -0.3 is 9.90 Å². The van der Waals surface area contributed by atoms with E-state index in [9.17, 15) is 19.5 Å². The minimum Gasteiger partial charge on any atom is -0.545 e. The molecule has 0 saturated heterocycles. The molecule has 0 saturated carbocycles. The van der Waals surface area contributed by atoms with Crippen molar-refractivity contribution in [3.05, 3.63) is 48.0 Å². The van der Waals surface area contributed by atoms with Crippen molar-refractivity contribution in [1.82, 2.24) is 10.9 Å². The van der Waals surface area contributed by atoms with E-state index in [1.54, 1.807) is 30.3 Å². The summed E-state index contributed by atoms with van der Waals surface area (Å²) in [7, 11) is 0. The molecule has 0 heterocycles. The van der Waals surface area contributed by atoms with Crippen LogP contribution in [-0.2, 0) is 9.59 Å². The highest BCUT2D eigenvalue weighted by Gasteiger charge is 2.04. The molecule has 0 aliphatic rings. The van der Waals surface area contributed by atoms with Crippen LogP contribution in [0.15, 0.2) is 42.5 Å². The minimum atomic E-state index is -1.49. The maximum atomic E-state index is 11.4. The van der Waals surface area contributed by atoms with Gasteiger partial charge in [0.05, 0.1) is 5.97 Å². The Kier molecular flexibility index (Phi) is 4.44. The molecule has 0 aliphatic carbocycles. The van der Waals surface area contributed by atoms with Crippen molar-refractivity contribution in [2.24, 2.45) is 0 Å². The number of carboxylic acid groups (broad SMARTS) is 1. The second kappa shape index (κ2) is 6.06. The van der Waals surface area contributed by atoms with E-state index in [4.69, 9.17) is 0 Å². The lowest BCUT2D eigenvalue weighted by Crippen LogP contribution is -2.40. The first-order chi connectivity index (χ1) is 8.09. The largest absolute Gasteiger partial charge is 0.545 e. The molecule has 0 aromatic heterocycles. The van der Waals surface area contributed by atoms with E-state index >= 15 is 0 Å². The van der Waals surface area contributed by atoms with Gasteiger partial charge in [-0.2, -0.15) is 0 Å². The normalized spacial score (nSPS) is 9.88. The molecular formula is C11H9N2O4-. The Balaban J connectivity index is 2.44. The molecule has 0 atom stereocenters. The number of carbonyl (C=O) groups is 3. The molecule has 2 N–H and O–H groups in total. The number of hydrazine groups is 1. The molecule has 0 radical (unpaired) electrons. The highest BCUT2D eigenvalue weighted by molar-refractivity contribution is 5.98. The smallest absolute Gasteiger partial charge is 0.269 e. The van der Waals surface area contributed by atoms with Gasteiger partial charge >= 0.3 is 0 Å². The summed E-state index contributed by atoms with van der Waals surface area (Å²) < 4.78 is 0. The summed E-state index contributed by atoms with van der Waals surface area (Å²) in [6.45, 7) is 0. The number of hydrogen-bond donors (Lipinski definition) is 2. The van der Waals surface area contributed by atoms with Crippen molar-refractivity contribution in [2.75, 3.05) is 0 Å². The SMILES string of the molecule is O=C([O-])/C=C/C(=O)NNC(=O)c1ccccc1. The number of carboxylic acids is 1. The van der Waals surface area contributed by atoms with E-state index in [1.165, 1.54) is 0 Å². The van der Waals surface area contributed by atoms with Crippen LogP contribution in [0.25, 0.3) is 0 Å². The molecule has 0 unspecified atom stereocenters. The zero-order valence-corrected chi connectivity index (χ0v) is 8.67. The maximum Gasteiger partial charge on any atom is 0.269 e. The van der Waals surface area contributed by atoms with Crippen LogP contribution in [0.4, 0.5) is 0 Å². The Morgan fingerprint density at radius 3 is 2.24 bits per heavy atom. The van der Waals surface area contributed by atoms with E-state index in [1.807, 2.05) is 5.43 Å². The van der Waals surface area contributed by atoms with Gasteiger partial charge in [-0.3, -0.25) is 20.4 Å². The standard InChI is InChI=1S/C11H10N2O4/c14-9(6-7-10(15)16)12-13-11(17)8-4-2-1-3-5-8/h1-7H,(H,12,14)(H,13,17)(H,15,16)/p-1/b7-6+. The number of nitrogens with one attached hydrogen (secondary N) is 2. The van der Waals surface area contributed by atoms with E-state index in [0.29, 0.717) is 11.6 Å². The Morgan fingerprint density at radius 2 is 1.65 bits per heavy atom. The van der Waals surface area contributed by atoms with Gasteiger partial charge in [-0.15, -0.1) is 0 Å². The Labute approximate surface area is 96.9 Å². The molecule has 2 amide bonds. The summed E-state index contributed by atoms with van der Waals surface area (Å²) in [5.41, 5.74) is 4.51. The zero-order valence-electron chi connectivity index (χ0n) is 8.67. The molecular weight excluding hydrogens is 224 g/mol. The predicted octanol–water partition coefficient (Wildman–Crippen LogP) is -1.25. The van der Waals surface area contributed by atoms with E-state index in [2.05, 4.69) is 5.43 Å². The summed E-state index contributed by atoms with van der Waals surface area (Å²) in [4.78, 5) is 32.4. The van der Waals surface area contributed by atoms with Gasteiger partial charge in [0, 0.05) is 11.6 Å². The number of amides is 2. The lowest BCUT2D eigenvalue weighted by atomic mass is 10.2. The van der Waals surface area contributed by atoms with Gasteiger partial charge in [0.15, 0.2) is 0 Å². The molecule has 0 bridgehead atoms. The lowest BCUT2D eigenvalue weighted by Gasteiger charge is -2.04. The second-order valence-electron chi connectivity index (χ2n) is 2.96. The van der Waals surface area contributed by atoms with E-state index < -0.39 is 17.8 Å². The van der Waals surface area contributed by atoms with Crippen molar-refractivity contribution in [2.45, 2.75) is 0 Å². The summed E-state index contributed by atoms with van der Waals surface area (Å²) in [5, 5.41) is 10.00. The van der Waals surface area contributed by atoms with Crippen molar-refractivity contribution in [3.63, 3.8) is 0 Å². The molecule has 0 fully saturated rings. The van der Waals surface area contributed by atoms with Crippen LogP contribution in [-0.4, -0.2) is 17.8 Å². The summed E-state index contributed by atoms with van der Waals surface area (Å²) in [5.74, 6) is -2.76. The number of aliphatic carboxylic acids is 1. The highest BCUT2D eigenvalue weighted by atomic mass is 16.4. The van der Waals surface area contributed by atoms with Crippen molar-refractivity contribution in [1.29, 1.82) is 0 Å². The molecule has 0 spiro atoms. The van der Waals surface area contributed by atoms with Crippen LogP contribution in [0.2, 0.25) is 0 Å². The molecule has 88 valence electrons. The zero-order chi connectivity index (χ0) is 12.7. The minimum absolute atomic E-state index is 0.372. The quantitative estimate of drug-likeness (QED) is 0.503. The monoisotopic (exact) mass is 233 g/mol. The van der Waals surface area contributed by atoms with Gasteiger partial charge in [-0.05, 0) is 18.2 Å². The average Bonchev–Trinajstić information content (AvgIpc) is 2.34. The number of hydrogen-bond acceptors (Lipinski definition) is 4. The molecule has 17 heavy (non-hydrogen) atoms. The molecule has 1 aromatic carbocycles. The highest BCUT2D eigenvalue weighted by Crippen LogP contribution is 1.96. The van der Waals surface area contributed by atoms with Crippen LogP contribution < -0.4 is 16.0 Å². The molecule has 6 nitrogen and oxygen atoms in total. The van der Waals surface area contributed by atoms with Crippen LogP contribution in [0, 0.1) is 0 Å². The van der Waals surface area contributed by atoms with Gasteiger partial charge in [0.1, 0.15) is 0 Å². The second-order valence-corrected chi connectivity index (χ2v) is 2.96. The number of benzene rings is 1. The van der Waals surface area contributed by atoms with Crippen molar-refractivity contribution >= 4 is 17.8 Å². The van der Waals surface area contributed by atoms with E-state index in [-0.39, 0.29) is 0 Å². The first-order valence-corrected chi connectivity index (χ1v) is 4.64. The van der Waals surface area contributed by atoms with Crippen LogP contribution in [0.3, 0.4) is 0 Å². The Morgan fingerprint density at radius 1 is 1.00 bits per heavy atom. The van der Waals surface area contributed by atoms with Crippen molar-refractivity contribution < 1.29 is 19.5 Å². The van der Waals surface area contributed by atoms with Gasteiger partial charge in [-0.1, -0.05) is 18.2 Å². The third-order valence-corrected chi connectivity index (χ3v) is 1.71. The Hall–Kier alpha value is -2.63. The first kappa shape index (κ1) is 12.4. The summed E-state index contributed by atoms with van der Waals surface area (Å²) >= 11 is 0. The molecule has 6 heteroatoms. The van der Waals surface area contributed by atoms with Crippen LogP contribution in [0.1, 0.15) is 10.4 Å². The molecule has 0 aliphatic heterocycles. The third kappa shape index (κ3) is 4.61. The topological polar surface area (TPSA) is 98.3 Å². The lowest BCUT2D eigenvalue weighted by molar-refractivity contribution is -0.297. The average molecular weight is 233 g/mol. The summed E-state index contributed by atoms with van der Waals surface area (Å²) in [6.07, 6.45) is 1.30. The van der Waals surface area contributed by atoms with Crippen LogP contribution >= 0.6 is 0 Å². The van der Waals surface area contributed by atoms with Gasteiger partial charge in [0.2, 0.25) is 0 Å². The first-order valence-electron chi connectivity index (χ1n) is 4.64.